The van der Waals surface area contributed by atoms with Crippen LogP contribution in [0.15, 0.2) is 24.3 Å². The van der Waals surface area contributed by atoms with Gasteiger partial charge in [-0.25, -0.2) is 9.37 Å². The minimum atomic E-state index is -0.808. The van der Waals surface area contributed by atoms with Gasteiger partial charge in [-0.15, -0.1) is 11.3 Å². The van der Waals surface area contributed by atoms with Gasteiger partial charge in [-0.1, -0.05) is 12.1 Å². The van der Waals surface area contributed by atoms with E-state index in [0.717, 1.165) is 22.0 Å². The molecule has 1 aliphatic rings. The first-order valence-electron chi connectivity index (χ1n) is 6.79. The molecule has 21 heavy (non-hydrogen) atoms. The van der Waals surface area contributed by atoms with Crippen molar-refractivity contribution in [3.8, 4) is 0 Å². The van der Waals surface area contributed by atoms with E-state index in [1.54, 1.807) is 12.1 Å². The lowest BCUT2D eigenvalue weighted by atomic mass is 10.1. The summed E-state index contributed by atoms with van der Waals surface area (Å²) in [5, 5.41) is 13.1. The number of nitrogens with one attached hydrogen (secondary N) is 1. The number of nitrogens with zero attached hydrogens (tertiary/aromatic N) is 1. The van der Waals surface area contributed by atoms with Gasteiger partial charge in [0.2, 0.25) is 0 Å². The fourth-order valence-electron chi connectivity index (χ4n) is 2.55. The summed E-state index contributed by atoms with van der Waals surface area (Å²) in [7, 11) is 0. The Kier molecular flexibility index (Phi) is 3.63. The topological polar surface area (TPSA) is 62.2 Å². The molecule has 0 saturated heterocycles. The Morgan fingerprint density at radius 3 is 2.86 bits per heavy atom. The summed E-state index contributed by atoms with van der Waals surface area (Å²) in [6, 6.07) is 6.30. The Labute approximate surface area is 125 Å². The third-order valence-corrected chi connectivity index (χ3v) is 4.79. The van der Waals surface area contributed by atoms with Gasteiger partial charge in [0.1, 0.15) is 11.7 Å². The largest absolute Gasteiger partial charge is 0.481 e. The molecule has 0 amide bonds. The lowest BCUT2D eigenvalue weighted by Crippen LogP contribution is -2.10. The van der Waals surface area contributed by atoms with E-state index in [1.807, 2.05) is 6.92 Å². The minimum absolute atomic E-state index is 0.0137. The molecule has 0 saturated carbocycles. The Hall–Kier alpha value is -1.95. The second-order valence-electron chi connectivity index (χ2n) is 5.17. The van der Waals surface area contributed by atoms with E-state index >= 15 is 0 Å². The van der Waals surface area contributed by atoms with Crippen LogP contribution in [0.4, 0.5) is 9.52 Å². The van der Waals surface area contributed by atoms with E-state index in [1.165, 1.54) is 23.5 Å². The molecular formula is C15H15FN2O2S. The van der Waals surface area contributed by atoms with Crippen molar-refractivity contribution in [3.63, 3.8) is 0 Å². The van der Waals surface area contributed by atoms with E-state index in [9.17, 15) is 9.18 Å². The highest BCUT2D eigenvalue weighted by Gasteiger charge is 2.32. The maximum atomic E-state index is 12.9. The summed E-state index contributed by atoms with van der Waals surface area (Å²) in [5.74, 6) is -1.55. The van der Waals surface area contributed by atoms with Crippen LogP contribution in [0.1, 0.15) is 41.4 Å². The van der Waals surface area contributed by atoms with Crippen molar-refractivity contribution in [2.75, 3.05) is 5.32 Å². The van der Waals surface area contributed by atoms with Gasteiger partial charge < -0.3 is 10.4 Å². The number of carboxylic acids is 1. The van der Waals surface area contributed by atoms with Crippen molar-refractivity contribution in [2.45, 2.75) is 31.7 Å². The molecule has 0 spiro atoms. The van der Waals surface area contributed by atoms with Crippen molar-refractivity contribution in [1.82, 2.24) is 4.98 Å². The molecule has 110 valence electrons. The standard InChI is InChI=1S/C15H15FN2O2S/c1-8(9-2-4-10(16)5-3-9)17-15-18-13-11(14(19)20)6-7-12(13)21-15/h2-5,8,11H,6-7H2,1H3,(H,17,18)(H,19,20). The number of benzene rings is 1. The number of halogens is 1. The molecule has 0 radical (unpaired) electrons. The predicted octanol–water partition coefficient (Wildman–Crippen LogP) is 3.57. The van der Waals surface area contributed by atoms with Crippen LogP contribution in [0.2, 0.25) is 0 Å². The van der Waals surface area contributed by atoms with Crippen LogP contribution in [0.3, 0.4) is 0 Å². The van der Waals surface area contributed by atoms with Gasteiger partial charge in [-0.2, -0.15) is 0 Å². The zero-order chi connectivity index (χ0) is 15.0. The average Bonchev–Trinajstić information content (AvgIpc) is 2.98. The SMILES string of the molecule is CC(Nc1nc2c(s1)CCC2C(=O)O)c1ccc(F)cc1. The Morgan fingerprint density at radius 2 is 2.19 bits per heavy atom. The molecule has 1 aliphatic carbocycles. The van der Waals surface area contributed by atoms with Gasteiger partial charge in [-0.05, 0) is 37.5 Å². The van der Waals surface area contributed by atoms with Gasteiger partial charge >= 0.3 is 5.97 Å². The number of hydrogen-bond acceptors (Lipinski definition) is 4. The second kappa shape index (κ2) is 5.44. The minimum Gasteiger partial charge on any atom is -0.481 e. The van der Waals surface area contributed by atoms with Crippen molar-refractivity contribution in [2.24, 2.45) is 0 Å². The lowest BCUT2D eigenvalue weighted by molar-refractivity contribution is -0.138. The summed E-state index contributed by atoms with van der Waals surface area (Å²) in [6.07, 6.45) is 1.41. The smallest absolute Gasteiger partial charge is 0.312 e. The number of carbonyl (C=O) groups is 1. The second-order valence-corrected chi connectivity index (χ2v) is 6.26. The number of anilines is 1. The molecule has 1 aromatic heterocycles. The molecule has 1 heterocycles. The van der Waals surface area contributed by atoms with E-state index in [0.29, 0.717) is 12.1 Å². The van der Waals surface area contributed by atoms with Gasteiger partial charge in [0.05, 0.1) is 11.7 Å². The number of aryl methyl sites for hydroxylation is 1. The van der Waals surface area contributed by atoms with Crippen LogP contribution >= 0.6 is 11.3 Å². The zero-order valence-electron chi connectivity index (χ0n) is 11.5. The van der Waals surface area contributed by atoms with Crippen LogP contribution in [0, 0.1) is 5.82 Å². The van der Waals surface area contributed by atoms with Gasteiger partial charge in [0, 0.05) is 4.88 Å². The number of hydrogen-bond donors (Lipinski definition) is 2. The first-order chi connectivity index (χ1) is 10.0. The number of aromatic nitrogens is 1. The first-order valence-corrected chi connectivity index (χ1v) is 7.60. The summed E-state index contributed by atoms with van der Waals surface area (Å²) >= 11 is 1.51. The number of carboxylic acid groups (broad SMARTS) is 1. The molecule has 0 bridgehead atoms. The first kappa shape index (κ1) is 14.0. The number of rotatable bonds is 4. The normalized spacial score (nSPS) is 18.3. The molecule has 0 aliphatic heterocycles. The predicted molar refractivity (Wildman–Crippen MR) is 79.2 cm³/mol. The van der Waals surface area contributed by atoms with Crippen molar-refractivity contribution in [3.05, 3.63) is 46.2 Å². The average molecular weight is 306 g/mol. The van der Waals surface area contributed by atoms with Crippen LogP contribution in [0.5, 0.6) is 0 Å². The highest BCUT2D eigenvalue weighted by Crippen LogP contribution is 2.39. The molecule has 2 aromatic rings. The molecule has 3 rings (SSSR count). The summed E-state index contributed by atoms with van der Waals surface area (Å²) in [5.41, 5.74) is 1.66. The van der Waals surface area contributed by atoms with Crippen LogP contribution in [0.25, 0.3) is 0 Å². The zero-order valence-corrected chi connectivity index (χ0v) is 12.3. The van der Waals surface area contributed by atoms with Crippen LogP contribution in [-0.2, 0) is 11.2 Å². The fourth-order valence-corrected chi connectivity index (χ4v) is 3.67. The molecule has 2 atom stereocenters. The maximum absolute atomic E-state index is 12.9. The van der Waals surface area contributed by atoms with Crippen molar-refractivity contribution >= 4 is 22.4 Å². The van der Waals surface area contributed by atoms with E-state index in [-0.39, 0.29) is 11.9 Å². The van der Waals surface area contributed by atoms with Crippen molar-refractivity contribution in [1.29, 1.82) is 0 Å². The molecule has 0 fully saturated rings. The molecular weight excluding hydrogens is 291 g/mol. The summed E-state index contributed by atoms with van der Waals surface area (Å²) < 4.78 is 12.9. The molecule has 1 aromatic carbocycles. The van der Waals surface area contributed by atoms with Gasteiger partial charge in [0.25, 0.3) is 0 Å². The number of aliphatic carboxylic acids is 1. The molecule has 6 heteroatoms. The molecule has 4 nitrogen and oxygen atoms in total. The third kappa shape index (κ3) is 2.76. The molecule has 2 N–H and O–H groups in total. The Bertz CT molecular complexity index is 669. The maximum Gasteiger partial charge on any atom is 0.312 e. The lowest BCUT2D eigenvalue weighted by Gasteiger charge is -2.13. The summed E-state index contributed by atoms with van der Waals surface area (Å²) in [4.78, 5) is 16.6. The van der Waals surface area contributed by atoms with E-state index < -0.39 is 11.9 Å². The summed E-state index contributed by atoms with van der Waals surface area (Å²) in [6.45, 7) is 1.97. The van der Waals surface area contributed by atoms with E-state index in [2.05, 4.69) is 10.3 Å². The number of thiazole rings is 1. The van der Waals surface area contributed by atoms with Crippen molar-refractivity contribution < 1.29 is 14.3 Å². The Balaban J connectivity index is 1.76. The fraction of sp³-hybridized carbons (Fsp3) is 0.333. The van der Waals surface area contributed by atoms with Gasteiger partial charge in [-0.3, -0.25) is 4.79 Å². The highest BCUT2D eigenvalue weighted by atomic mass is 32.1. The quantitative estimate of drug-likeness (QED) is 0.906. The molecule has 2 unspecified atom stereocenters. The van der Waals surface area contributed by atoms with Crippen LogP contribution in [-0.4, -0.2) is 16.1 Å². The van der Waals surface area contributed by atoms with E-state index in [4.69, 9.17) is 5.11 Å². The highest BCUT2D eigenvalue weighted by molar-refractivity contribution is 7.15. The Morgan fingerprint density at radius 1 is 1.48 bits per heavy atom. The van der Waals surface area contributed by atoms with Crippen LogP contribution < -0.4 is 5.32 Å². The van der Waals surface area contributed by atoms with Gasteiger partial charge in [0.15, 0.2) is 5.13 Å². The number of fused-ring (bicyclic) bond motifs is 1. The third-order valence-electron chi connectivity index (χ3n) is 3.73. The monoisotopic (exact) mass is 306 g/mol.